The SMILES string of the molecule is CC(C)C(=O)N(C1CCC(C(F)(F)F)CC1)[C@H]1CCN(C(=O)[C@@H]2CN(C(C)(C)C)C[C@H]2c2ccc(Cl)cc2)C1. The Balaban J connectivity index is 1.50. The molecular weight excluding hydrogens is 527 g/mol. The summed E-state index contributed by atoms with van der Waals surface area (Å²) in [7, 11) is 0. The van der Waals surface area contributed by atoms with Crippen molar-refractivity contribution >= 4 is 23.4 Å². The van der Waals surface area contributed by atoms with E-state index >= 15 is 0 Å². The van der Waals surface area contributed by atoms with Crippen molar-refractivity contribution in [3.05, 3.63) is 34.9 Å². The lowest BCUT2D eigenvalue weighted by Gasteiger charge is -2.41. The first-order valence-electron chi connectivity index (χ1n) is 14.3. The average molecular weight is 570 g/mol. The van der Waals surface area contributed by atoms with Crippen LogP contribution in [0.25, 0.3) is 0 Å². The van der Waals surface area contributed by atoms with Crippen molar-refractivity contribution in [1.82, 2.24) is 14.7 Å². The van der Waals surface area contributed by atoms with Gasteiger partial charge in [0.05, 0.1) is 17.9 Å². The molecule has 3 fully saturated rings. The van der Waals surface area contributed by atoms with Gasteiger partial charge in [-0.05, 0) is 70.6 Å². The largest absolute Gasteiger partial charge is 0.391 e. The fourth-order valence-corrected chi connectivity index (χ4v) is 6.82. The summed E-state index contributed by atoms with van der Waals surface area (Å²) in [6, 6.07) is 7.38. The summed E-state index contributed by atoms with van der Waals surface area (Å²) >= 11 is 6.14. The molecule has 3 aliphatic rings. The van der Waals surface area contributed by atoms with Crippen LogP contribution < -0.4 is 0 Å². The molecule has 2 heterocycles. The molecule has 0 N–H and O–H groups in total. The van der Waals surface area contributed by atoms with Crippen molar-refractivity contribution in [3.63, 3.8) is 0 Å². The van der Waals surface area contributed by atoms with Gasteiger partial charge in [-0.25, -0.2) is 0 Å². The number of amides is 2. The number of halogens is 4. The highest BCUT2D eigenvalue weighted by Crippen LogP contribution is 2.41. The molecule has 0 spiro atoms. The molecule has 1 aliphatic carbocycles. The van der Waals surface area contributed by atoms with Gasteiger partial charge < -0.3 is 9.80 Å². The maximum absolute atomic E-state index is 14.0. The van der Waals surface area contributed by atoms with E-state index in [1.165, 1.54) is 0 Å². The number of carbonyl (C=O) groups is 2. The van der Waals surface area contributed by atoms with E-state index in [1.807, 2.05) is 47.9 Å². The van der Waals surface area contributed by atoms with E-state index in [2.05, 4.69) is 25.7 Å². The van der Waals surface area contributed by atoms with E-state index < -0.39 is 12.1 Å². The molecule has 0 unspecified atom stereocenters. The third-order valence-corrected chi connectivity index (χ3v) is 9.31. The normalized spacial score (nSPS) is 28.8. The van der Waals surface area contributed by atoms with E-state index in [0.29, 0.717) is 43.9 Å². The predicted molar refractivity (Wildman–Crippen MR) is 147 cm³/mol. The molecule has 0 aromatic heterocycles. The third kappa shape index (κ3) is 6.75. The predicted octanol–water partition coefficient (Wildman–Crippen LogP) is 6.36. The van der Waals surface area contributed by atoms with Gasteiger partial charge in [0.25, 0.3) is 0 Å². The molecule has 218 valence electrons. The summed E-state index contributed by atoms with van der Waals surface area (Å²) in [4.78, 5) is 33.5. The van der Waals surface area contributed by atoms with Gasteiger partial charge in [0.15, 0.2) is 0 Å². The summed E-state index contributed by atoms with van der Waals surface area (Å²) < 4.78 is 39.9. The van der Waals surface area contributed by atoms with Crippen LogP contribution in [0.15, 0.2) is 24.3 Å². The fraction of sp³-hybridized carbons (Fsp3) is 0.733. The molecule has 3 atom stereocenters. The highest BCUT2D eigenvalue weighted by molar-refractivity contribution is 6.30. The Kier molecular flexibility index (Phi) is 8.97. The van der Waals surface area contributed by atoms with E-state index in [4.69, 9.17) is 11.6 Å². The van der Waals surface area contributed by atoms with Crippen molar-refractivity contribution in [2.45, 2.75) is 96.4 Å². The summed E-state index contributed by atoms with van der Waals surface area (Å²) in [6.45, 7) is 12.6. The highest BCUT2D eigenvalue weighted by Gasteiger charge is 2.47. The molecular formula is C30H43ClF3N3O2. The highest BCUT2D eigenvalue weighted by atomic mass is 35.5. The van der Waals surface area contributed by atoms with Gasteiger partial charge in [-0.15, -0.1) is 0 Å². The minimum atomic E-state index is -4.18. The van der Waals surface area contributed by atoms with Crippen LogP contribution in [0, 0.1) is 17.8 Å². The first-order valence-corrected chi connectivity index (χ1v) is 14.7. The topological polar surface area (TPSA) is 43.9 Å². The van der Waals surface area contributed by atoms with Crippen LogP contribution in [-0.4, -0.2) is 76.5 Å². The van der Waals surface area contributed by atoms with Gasteiger partial charge in [-0.3, -0.25) is 14.5 Å². The van der Waals surface area contributed by atoms with Gasteiger partial charge in [0.2, 0.25) is 11.8 Å². The average Bonchev–Trinajstić information content (AvgIpc) is 3.52. The molecule has 2 saturated heterocycles. The summed E-state index contributed by atoms with van der Waals surface area (Å²) in [5.74, 6) is -1.63. The van der Waals surface area contributed by atoms with Gasteiger partial charge in [0.1, 0.15) is 0 Å². The van der Waals surface area contributed by atoms with E-state index in [0.717, 1.165) is 12.1 Å². The second kappa shape index (κ2) is 11.6. The number of hydrogen-bond acceptors (Lipinski definition) is 3. The molecule has 39 heavy (non-hydrogen) atoms. The number of benzene rings is 1. The number of carbonyl (C=O) groups excluding carboxylic acids is 2. The minimum Gasteiger partial charge on any atom is -0.340 e. The van der Waals surface area contributed by atoms with Crippen molar-refractivity contribution < 1.29 is 22.8 Å². The van der Waals surface area contributed by atoms with Gasteiger partial charge in [0, 0.05) is 54.6 Å². The quantitative estimate of drug-likeness (QED) is 0.414. The molecule has 1 aromatic rings. The standard InChI is InChI=1S/C30H43ClF3N3O2/c1-19(2)27(38)37(23-12-8-21(9-13-23)30(32,33)34)24-14-15-35(16-24)28(39)26-18-36(29(3,4)5)17-25(26)20-6-10-22(31)11-7-20/h6-7,10-11,19,21,23-26H,8-9,12-18H2,1-5H3/t21?,23?,24-,25-,26+/m0/s1. The van der Waals surface area contributed by atoms with Crippen molar-refractivity contribution in [2.24, 2.45) is 17.8 Å². The number of rotatable bonds is 5. The Bertz CT molecular complexity index is 1020. The summed E-state index contributed by atoms with van der Waals surface area (Å²) in [6.07, 6.45) is -2.70. The van der Waals surface area contributed by atoms with E-state index in [-0.39, 0.29) is 60.0 Å². The molecule has 0 radical (unpaired) electrons. The molecule has 2 amide bonds. The molecule has 9 heteroatoms. The zero-order chi connectivity index (χ0) is 28.7. The molecule has 1 saturated carbocycles. The molecule has 1 aromatic carbocycles. The lowest BCUT2D eigenvalue weighted by Crippen LogP contribution is -2.52. The van der Waals surface area contributed by atoms with Crippen LogP contribution in [0.2, 0.25) is 5.02 Å². The summed E-state index contributed by atoms with van der Waals surface area (Å²) in [5.41, 5.74) is 1.02. The lowest BCUT2D eigenvalue weighted by molar-refractivity contribution is -0.185. The van der Waals surface area contributed by atoms with Crippen LogP contribution in [0.1, 0.15) is 78.2 Å². The Morgan fingerprint density at radius 2 is 1.54 bits per heavy atom. The molecule has 0 bridgehead atoms. The number of alkyl halides is 3. The van der Waals surface area contributed by atoms with Gasteiger partial charge >= 0.3 is 6.18 Å². The first kappa shape index (κ1) is 30.2. The Hall–Kier alpha value is -1.80. The Morgan fingerprint density at radius 1 is 0.923 bits per heavy atom. The molecule has 2 aliphatic heterocycles. The second-order valence-corrected chi connectivity index (χ2v) is 13.5. The Morgan fingerprint density at radius 3 is 2.08 bits per heavy atom. The number of hydrogen-bond donors (Lipinski definition) is 0. The number of nitrogens with zero attached hydrogens (tertiary/aromatic N) is 3. The second-order valence-electron chi connectivity index (χ2n) is 13.0. The fourth-order valence-electron chi connectivity index (χ4n) is 6.69. The van der Waals surface area contributed by atoms with E-state index in [1.54, 1.807) is 0 Å². The van der Waals surface area contributed by atoms with Crippen LogP contribution in [0.3, 0.4) is 0 Å². The monoisotopic (exact) mass is 569 g/mol. The molecule has 5 nitrogen and oxygen atoms in total. The third-order valence-electron chi connectivity index (χ3n) is 9.05. The zero-order valence-corrected chi connectivity index (χ0v) is 24.6. The summed E-state index contributed by atoms with van der Waals surface area (Å²) in [5, 5.41) is 0.661. The lowest BCUT2D eigenvalue weighted by atomic mass is 9.84. The van der Waals surface area contributed by atoms with E-state index in [9.17, 15) is 22.8 Å². The minimum absolute atomic E-state index is 0.0245. The van der Waals surface area contributed by atoms with Crippen molar-refractivity contribution in [2.75, 3.05) is 26.2 Å². The van der Waals surface area contributed by atoms with Crippen LogP contribution in [0.4, 0.5) is 13.2 Å². The zero-order valence-electron chi connectivity index (χ0n) is 23.8. The van der Waals surface area contributed by atoms with Crippen molar-refractivity contribution in [3.8, 4) is 0 Å². The number of likely N-dealkylation sites (tertiary alicyclic amines) is 2. The maximum atomic E-state index is 14.0. The van der Waals surface area contributed by atoms with Crippen molar-refractivity contribution in [1.29, 1.82) is 0 Å². The van der Waals surface area contributed by atoms with Gasteiger partial charge in [-0.2, -0.15) is 13.2 Å². The molecule has 4 rings (SSSR count). The van der Waals surface area contributed by atoms with Crippen LogP contribution in [0.5, 0.6) is 0 Å². The maximum Gasteiger partial charge on any atom is 0.391 e. The van der Waals surface area contributed by atoms with Gasteiger partial charge in [-0.1, -0.05) is 37.6 Å². The Labute approximate surface area is 236 Å². The smallest absolute Gasteiger partial charge is 0.340 e. The first-order chi connectivity index (χ1) is 18.2. The van der Waals surface area contributed by atoms with Crippen LogP contribution >= 0.6 is 11.6 Å². The van der Waals surface area contributed by atoms with Crippen LogP contribution in [-0.2, 0) is 9.59 Å².